The van der Waals surface area contributed by atoms with Crippen molar-refractivity contribution >= 4 is 21.7 Å². The fraction of sp³-hybridized carbons (Fsp3) is 0.300. The number of allylic oxidation sites excluding steroid dienone is 1. The highest BCUT2D eigenvalue weighted by Crippen LogP contribution is 2.30. The molecule has 2 heterocycles. The van der Waals surface area contributed by atoms with E-state index >= 15 is 0 Å². The van der Waals surface area contributed by atoms with Crippen LogP contribution in [0.1, 0.15) is 24.0 Å². The Kier molecular flexibility index (Phi) is 5.88. The molecule has 3 aromatic rings. The number of rotatable bonds is 8. The number of aromatic nitrogens is 3. The maximum atomic E-state index is 12.6. The minimum absolute atomic E-state index is 0.0498. The normalized spacial score (nSPS) is 14.0. The number of benzene rings is 1. The molecule has 1 N–H and O–H groups in total. The molecule has 0 saturated heterocycles. The highest BCUT2D eigenvalue weighted by atomic mass is 32.2. The van der Waals surface area contributed by atoms with Crippen molar-refractivity contribution in [2.75, 3.05) is 6.54 Å². The van der Waals surface area contributed by atoms with Gasteiger partial charge in [-0.05, 0) is 60.7 Å². The molecule has 0 radical (unpaired) electrons. The van der Waals surface area contributed by atoms with Crippen LogP contribution in [-0.4, -0.2) is 35.8 Å². The van der Waals surface area contributed by atoms with E-state index in [0.29, 0.717) is 24.1 Å². The Hall–Kier alpha value is -3.05. The van der Waals surface area contributed by atoms with Crippen molar-refractivity contribution in [3.05, 3.63) is 69.1 Å². The molecule has 31 heavy (non-hydrogen) atoms. The molecule has 1 aliphatic carbocycles. The molecular weight excluding hydrogens is 430 g/mol. The summed E-state index contributed by atoms with van der Waals surface area (Å²) in [6.07, 6.45) is 4.21. The van der Waals surface area contributed by atoms with Crippen molar-refractivity contribution in [2.24, 2.45) is 0 Å². The second kappa shape index (κ2) is 8.60. The first-order valence-corrected chi connectivity index (χ1v) is 11.1. The van der Waals surface area contributed by atoms with E-state index in [-0.39, 0.29) is 35.9 Å². The van der Waals surface area contributed by atoms with Crippen molar-refractivity contribution in [1.29, 1.82) is 0 Å². The van der Waals surface area contributed by atoms with Crippen LogP contribution in [0.3, 0.4) is 0 Å². The van der Waals surface area contributed by atoms with Crippen LogP contribution in [0.4, 0.5) is 8.78 Å². The fourth-order valence-electron chi connectivity index (χ4n) is 3.47. The number of alkyl halides is 2. The lowest BCUT2D eigenvalue weighted by molar-refractivity contribution is -0.0498. The molecular formula is C20H20F2N4O4S. The van der Waals surface area contributed by atoms with Gasteiger partial charge < -0.3 is 4.74 Å². The summed E-state index contributed by atoms with van der Waals surface area (Å²) in [6, 6.07) is 9.69. The van der Waals surface area contributed by atoms with E-state index in [2.05, 4.69) is 14.6 Å². The van der Waals surface area contributed by atoms with Crippen LogP contribution in [0.5, 0.6) is 5.75 Å². The maximum Gasteiger partial charge on any atom is 0.387 e. The number of ether oxygens (including phenoxy) is 1. The smallest absolute Gasteiger partial charge is 0.387 e. The predicted octanol–water partition coefficient (Wildman–Crippen LogP) is 2.39. The van der Waals surface area contributed by atoms with Crippen LogP contribution in [0.2, 0.25) is 0 Å². The number of nitrogens with one attached hydrogen (secondary N) is 1. The van der Waals surface area contributed by atoms with Crippen LogP contribution in [0.25, 0.3) is 11.7 Å². The second-order valence-electron chi connectivity index (χ2n) is 7.04. The molecule has 4 rings (SSSR count). The maximum absolute atomic E-state index is 12.6. The number of hydrogen-bond donors (Lipinski definition) is 1. The molecule has 11 heteroatoms. The molecule has 1 aliphatic rings. The lowest BCUT2D eigenvalue weighted by Gasteiger charge is -2.18. The second-order valence-corrected chi connectivity index (χ2v) is 8.86. The first-order chi connectivity index (χ1) is 14.8. The molecule has 0 fully saturated rings. The molecule has 0 unspecified atom stereocenters. The van der Waals surface area contributed by atoms with Gasteiger partial charge in [0.15, 0.2) is 5.65 Å². The third-order valence-corrected chi connectivity index (χ3v) is 6.57. The summed E-state index contributed by atoms with van der Waals surface area (Å²) in [5, 5.41) is 4.21. The van der Waals surface area contributed by atoms with Crippen molar-refractivity contribution in [3.63, 3.8) is 0 Å². The van der Waals surface area contributed by atoms with E-state index in [0.717, 1.165) is 5.56 Å². The topological polar surface area (TPSA) is 94.7 Å². The van der Waals surface area contributed by atoms with Crippen LogP contribution in [0.15, 0.2) is 52.3 Å². The zero-order valence-electron chi connectivity index (χ0n) is 16.4. The number of nitrogens with zero attached hydrogens (tertiary/aromatic N) is 3. The highest BCUT2D eigenvalue weighted by molar-refractivity contribution is 7.93. The first-order valence-electron chi connectivity index (χ1n) is 9.66. The van der Waals surface area contributed by atoms with Crippen LogP contribution in [-0.2, 0) is 23.0 Å². The quantitative estimate of drug-likeness (QED) is 0.532. The molecule has 0 bridgehead atoms. The Morgan fingerprint density at radius 3 is 2.81 bits per heavy atom. The van der Waals surface area contributed by atoms with E-state index in [1.165, 1.54) is 21.2 Å². The number of aryl methyl sites for hydroxylation is 2. The summed E-state index contributed by atoms with van der Waals surface area (Å²) >= 11 is 0. The standard InChI is InChI=1S/C20H20F2N4O4S/c21-19(22)30-16-7-5-15-13-17(8-6-14(15)12-16)31(28,29)23-9-3-11-26-20(27)25-10-2-1-4-18(25)24-26/h1-2,4-5,7,10,12-13,19,23H,3,6,8-9,11H2. The molecule has 8 nitrogen and oxygen atoms in total. The van der Waals surface area contributed by atoms with E-state index in [1.807, 2.05) is 0 Å². The van der Waals surface area contributed by atoms with Gasteiger partial charge in [0, 0.05) is 19.3 Å². The fourth-order valence-corrected chi connectivity index (χ4v) is 4.72. The van der Waals surface area contributed by atoms with E-state index in [4.69, 9.17) is 0 Å². The third-order valence-electron chi connectivity index (χ3n) is 4.97. The summed E-state index contributed by atoms with van der Waals surface area (Å²) in [4.78, 5) is 12.5. The number of hydrogen-bond acceptors (Lipinski definition) is 5. The third kappa shape index (κ3) is 4.67. The van der Waals surface area contributed by atoms with Crippen molar-refractivity contribution in [1.82, 2.24) is 18.9 Å². The van der Waals surface area contributed by atoms with E-state index < -0.39 is 16.6 Å². The first kappa shape index (κ1) is 21.2. The Balaban J connectivity index is 1.38. The van der Waals surface area contributed by atoms with Gasteiger partial charge in [-0.1, -0.05) is 12.1 Å². The zero-order valence-corrected chi connectivity index (χ0v) is 17.2. The van der Waals surface area contributed by atoms with Crippen LogP contribution in [0, 0.1) is 0 Å². The van der Waals surface area contributed by atoms with Gasteiger partial charge in [-0.3, -0.25) is 4.40 Å². The highest BCUT2D eigenvalue weighted by Gasteiger charge is 2.22. The van der Waals surface area contributed by atoms with Gasteiger partial charge in [0.1, 0.15) is 5.75 Å². The summed E-state index contributed by atoms with van der Waals surface area (Å²) in [7, 11) is -3.70. The largest absolute Gasteiger partial charge is 0.435 e. The Morgan fingerprint density at radius 2 is 2.03 bits per heavy atom. The summed E-state index contributed by atoms with van der Waals surface area (Å²) in [5.41, 5.74) is 1.66. The summed E-state index contributed by atoms with van der Waals surface area (Å²) in [6.45, 7) is -2.49. The van der Waals surface area contributed by atoms with Crippen molar-refractivity contribution < 1.29 is 21.9 Å². The molecule has 2 aromatic heterocycles. The number of fused-ring (bicyclic) bond motifs is 2. The Labute approximate surface area is 176 Å². The minimum atomic E-state index is -3.70. The lowest BCUT2D eigenvalue weighted by atomic mass is 9.97. The predicted molar refractivity (Wildman–Crippen MR) is 110 cm³/mol. The summed E-state index contributed by atoms with van der Waals surface area (Å²) in [5.74, 6) is 0.0498. The van der Waals surface area contributed by atoms with Crippen molar-refractivity contribution in [3.8, 4) is 5.75 Å². The Morgan fingerprint density at radius 1 is 1.19 bits per heavy atom. The van der Waals surface area contributed by atoms with Gasteiger partial charge in [-0.25, -0.2) is 22.6 Å². The molecule has 0 saturated carbocycles. The molecule has 164 valence electrons. The van der Waals surface area contributed by atoms with Gasteiger partial charge in [0.25, 0.3) is 0 Å². The number of pyridine rings is 1. The van der Waals surface area contributed by atoms with Gasteiger partial charge in [-0.2, -0.15) is 8.78 Å². The molecule has 0 aliphatic heterocycles. The number of sulfonamides is 1. The van der Waals surface area contributed by atoms with Crippen molar-refractivity contribution in [2.45, 2.75) is 32.4 Å². The molecule has 0 atom stereocenters. The van der Waals surface area contributed by atoms with E-state index in [1.54, 1.807) is 36.5 Å². The average molecular weight is 450 g/mol. The van der Waals surface area contributed by atoms with Gasteiger partial charge in [-0.15, -0.1) is 5.10 Å². The SMILES string of the molecule is O=c1n(CCCNS(=O)(=O)C2=Cc3ccc(OC(F)F)cc3CC2)nc2ccccn12. The monoisotopic (exact) mass is 450 g/mol. The minimum Gasteiger partial charge on any atom is -0.435 e. The van der Waals surface area contributed by atoms with E-state index in [9.17, 15) is 22.0 Å². The van der Waals surface area contributed by atoms with Crippen LogP contribution >= 0.6 is 0 Å². The van der Waals surface area contributed by atoms with Crippen LogP contribution < -0.4 is 15.1 Å². The van der Waals surface area contributed by atoms with Gasteiger partial charge >= 0.3 is 12.3 Å². The zero-order chi connectivity index (χ0) is 22.0. The van der Waals surface area contributed by atoms with Gasteiger partial charge in [0.2, 0.25) is 10.0 Å². The molecule has 0 amide bonds. The Bertz CT molecular complexity index is 1300. The molecule has 1 aromatic carbocycles. The number of halogens is 2. The summed E-state index contributed by atoms with van der Waals surface area (Å²) < 4.78 is 59.7. The molecule has 0 spiro atoms. The average Bonchev–Trinajstić information content (AvgIpc) is 3.06. The lowest BCUT2D eigenvalue weighted by Crippen LogP contribution is -2.29. The van der Waals surface area contributed by atoms with Gasteiger partial charge in [0.05, 0.1) is 4.91 Å².